The molecule has 9 heteroatoms. The summed E-state index contributed by atoms with van der Waals surface area (Å²) in [4.78, 5) is 44.6. The smallest absolute Gasteiger partial charge is 0.320 e. The van der Waals surface area contributed by atoms with Crippen molar-refractivity contribution in [3.8, 4) is 0 Å². The van der Waals surface area contributed by atoms with Gasteiger partial charge in [0.25, 0.3) is 0 Å². The molecule has 9 nitrogen and oxygen atoms in total. The first-order valence-electron chi connectivity index (χ1n) is 13.2. The molecular formula is C29H43N5O4. The molecule has 1 aliphatic rings. The number of nitroso groups, excluding NO2 is 1. The predicted molar refractivity (Wildman–Crippen MR) is 151 cm³/mol. The third-order valence-electron chi connectivity index (χ3n) is 6.55. The van der Waals surface area contributed by atoms with E-state index in [1.54, 1.807) is 16.8 Å². The minimum Gasteiger partial charge on any atom is -0.372 e. The normalized spacial score (nSPS) is 13.3. The lowest BCUT2D eigenvalue weighted by atomic mass is 9.84. The van der Waals surface area contributed by atoms with Crippen molar-refractivity contribution in [2.75, 3.05) is 26.7 Å². The molecule has 3 rings (SSSR count). The number of nitrogens with two attached hydrogens (primary N) is 1. The van der Waals surface area contributed by atoms with Gasteiger partial charge in [-0.25, -0.2) is 4.79 Å². The number of primary amides is 1. The molecule has 0 radical (unpaired) electrons. The Balaban J connectivity index is 0.000000428. The predicted octanol–water partition coefficient (Wildman–Crippen LogP) is 4.97. The summed E-state index contributed by atoms with van der Waals surface area (Å²) in [5, 5.41) is 5.50. The summed E-state index contributed by atoms with van der Waals surface area (Å²) in [6.45, 7) is 5.65. The van der Waals surface area contributed by atoms with Gasteiger partial charge in [-0.05, 0) is 49.3 Å². The highest BCUT2D eigenvalue weighted by molar-refractivity contribution is 5.74. The molecule has 208 valence electrons. The second kappa shape index (κ2) is 19.4. The average molecular weight is 526 g/mol. The van der Waals surface area contributed by atoms with Crippen molar-refractivity contribution in [3.05, 3.63) is 76.2 Å². The van der Waals surface area contributed by atoms with Crippen molar-refractivity contribution < 1.29 is 14.4 Å². The summed E-state index contributed by atoms with van der Waals surface area (Å²) in [5.41, 5.74) is 7.87. The van der Waals surface area contributed by atoms with Crippen molar-refractivity contribution in [3.63, 3.8) is 0 Å². The van der Waals surface area contributed by atoms with Crippen LogP contribution in [0.2, 0.25) is 0 Å². The van der Waals surface area contributed by atoms with Crippen LogP contribution in [0.1, 0.15) is 74.6 Å². The second-order valence-corrected chi connectivity index (χ2v) is 9.20. The highest BCUT2D eigenvalue weighted by atomic mass is 16.3. The highest BCUT2D eigenvalue weighted by Gasteiger charge is 2.18. The zero-order valence-corrected chi connectivity index (χ0v) is 22.9. The van der Waals surface area contributed by atoms with E-state index in [-0.39, 0.29) is 25.0 Å². The number of carbonyl (C=O) groups excluding carboxylic acids is 3. The summed E-state index contributed by atoms with van der Waals surface area (Å²) in [6.07, 6.45) is 7.62. The van der Waals surface area contributed by atoms with Crippen LogP contribution in [0.3, 0.4) is 0 Å². The number of urea groups is 1. The fourth-order valence-corrected chi connectivity index (χ4v) is 4.33. The van der Waals surface area contributed by atoms with Gasteiger partial charge in [0.1, 0.15) is 0 Å². The number of likely N-dealkylation sites (N-methyl/N-ethyl adjacent to an activating group) is 1. The summed E-state index contributed by atoms with van der Waals surface area (Å²) in [5.74, 6) is 0.707. The van der Waals surface area contributed by atoms with Gasteiger partial charge in [-0.2, -0.15) is 4.91 Å². The number of hydrogen-bond acceptors (Lipinski definition) is 5. The topological polar surface area (TPSA) is 125 Å². The van der Waals surface area contributed by atoms with Crippen molar-refractivity contribution >= 4 is 18.9 Å². The van der Waals surface area contributed by atoms with Gasteiger partial charge in [-0.1, -0.05) is 79.0 Å². The Bertz CT molecular complexity index is 934. The van der Waals surface area contributed by atoms with Gasteiger partial charge < -0.3 is 20.9 Å². The second-order valence-electron chi connectivity index (χ2n) is 9.20. The molecule has 1 fully saturated rings. The monoisotopic (exact) mass is 525 g/mol. The van der Waals surface area contributed by atoms with E-state index < -0.39 is 0 Å². The number of carbonyl (C=O) groups is 3. The lowest BCUT2D eigenvalue weighted by molar-refractivity contribution is -0.110. The van der Waals surface area contributed by atoms with E-state index in [9.17, 15) is 14.5 Å². The molecule has 0 bridgehead atoms. The lowest BCUT2D eigenvalue weighted by Gasteiger charge is -2.27. The number of hydrogen-bond donors (Lipinski definition) is 2. The summed E-state index contributed by atoms with van der Waals surface area (Å²) < 4.78 is 0. The van der Waals surface area contributed by atoms with Crippen LogP contribution in [0.4, 0.5) is 4.79 Å². The molecule has 0 spiro atoms. The van der Waals surface area contributed by atoms with Crippen molar-refractivity contribution in [1.82, 2.24) is 15.1 Å². The van der Waals surface area contributed by atoms with Crippen LogP contribution in [0.15, 0.2) is 59.8 Å². The number of benzene rings is 2. The van der Waals surface area contributed by atoms with Crippen LogP contribution in [0.25, 0.3) is 0 Å². The Labute approximate surface area is 226 Å². The Morgan fingerprint density at radius 1 is 1.08 bits per heavy atom. The summed E-state index contributed by atoms with van der Waals surface area (Å²) >= 11 is 0. The fourth-order valence-electron chi connectivity index (χ4n) is 4.33. The van der Waals surface area contributed by atoms with Crippen molar-refractivity contribution in [2.24, 2.45) is 10.9 Å². The molecule has 2 aromatic carbocycles. The van der Waals surface area contributed by atoms with E-state index in [0.29, 0.717) is 25.6 Å². The maximum Gasteiger partial charge on any atom is 0.320 e. The zero-order valence-electron chi connectivity index (χ0n) is 22.9. The number of nitrogens with zero attached hydrogens (tertiary/aromatic N) is 3. The molecule has 0 heterocycles. The fraction of sp³-hybridized carbons (Fsp3) is 0.483. The Kier molecular flexibility index (Phi) is 16.5. The van der Waals surface area contributed by atoms with Crippen LogP contribution in [-0.2, 0) is 16.1 Å². The van der Waals surface area contributed by atoms with Gasteiger partial charge in [0.05, 0.1) is 12.6 Å². The molecule has 0 saturated heterocycles. The first-order valence-corrected chi connectivity index (χ1v) is 13.2. The third kappa shape index (κ3) is 12.0. The summed E-state index contributed by atoms with van der Waals surface area (Å²) in [6, 6.07) is 18.6. The molecule has 1 atom stereocenters. The van der Waals surface area contributed by atoms with Gasteiger partial charge in [-0.3, -0.25) is 9.59 Å². The van der Waals surface area contributed by atoms with Crippen molar-refractivity contribution in [2.45, 2.75) is 64.5 Å². The van der Waals surface area contributed by atoms with Gasteiger partial charge in [0.15, 0.2) is 0 Å². The third-order valence-corrected chi connectivity index (χ3v) is 6.55. The molecular weight excluding hydrogens is 482 g/mol. The van der Waals surface area contributed by atoms with Gasteiger partial charge >= 0.3 is 6.03 Å². The zero-order chi connectivity index (χ0) is 28.2. The Morgan fingerprint density at radius 2 is 1.68 bits per heavy atom. The van der Waals surface area contributed by atoms with E-state index >= 15 is 0 Å². The number of nitrogens with one attached hydrogen (secondary N) is 1. The molecule has 0 aliphatic heterocycles. The Morgan fingerprint density at radius 3 is 2.21 bits per heavy atom. The minimum atomic E-state index is -0.0579. The number of rotatable bonds is 10. The standard InChI is InChI=1S/C19H29N3O2.C9H11NO.CH3NO/c1-3-22(19(23)21(2)14-13-20-24)15-16-9-11-18(12-10-16)17-7-5-4-6-8-17;1-8(10-7-11)9-5-3-2-4-6-9;2-1-3/h9-12,17H,3-8,13-15H2,1-2H3;2-8H,1H3,(H,10,11);1H,(H2,2,3). The molecule has 1 aliphatic carbocycles. The summed E-state index contributed by atoms with van der Waals surface area (Å²) in [7, 11) is 1.71. The average Bonchev–Trinajstić information content (AvgIpc) is 2.96. The first kappa shape index (κ1) is 32.3. The van der Waals surface area contributed by atoms with Crippen LogP contribution in [0.5, 0.6) is 0 Å². The molecule has 4 amide bonds. The van der Waals surface area contributed by atoms with E-state index in [1.165, 1.54) is 37.7 Å². The molecule has 2 aromatic rings. The maximum absolute atomic E-state index is 12.4. The van der Waals surface area contributed by atoms with Gasteiger partial charge in [0.2, 0.25) is 12.8 Å². The lowest BCUT2D eigenvalue weighted by Crippen LogP contribution is -2.41. The van der Waals surface area contributed by atoms with Gasteiger partial charge in [0, 0.05) is 26.7 Å². The molecule has 3 N–H and O–H groups in total. The minimum absolute atomic E-state index is 0.0579. The SMILES string of the molecule is CC(NC=O)c1ccccc1.CCN(Cc1ccc(C2CCCCC2)cc1)C(=O)N(C)CCN=O.NC=O. The quantitative estimate of drug-likeness (QED) is 0.335. The maximum atomic E-state index is 12.4. The number of amides is 4. The molecule has 1 saturated carbocycles. The van der Waals surface area contributed by atoms with E-state index in [2.05, 4.69) is 40.5 Å². The van der Waals surface area contributed by atoms with Crippen LogP contribution < -0.4 is 11.1 Å². The first-order chi connectivity index (χ1) is 18.4. The van der Waals surface area contributed by atoms with Gasteiger partial charge in [-0.15, -0.1) is 0 Å². The van der Waals surface area contributed by atoms with E-state index in [4.69, 9.17) is 4.79 Å². The highest BCUT2D eigenvalue weighted by Crippen LogP contribution is 2.32. The largest absolute Gasteiger partial charge is 0.372 e. The van der Waals surface area contributed by atoms with Crippen LogP contribution in [-0.4, -0.2) is 55.3 Å². The molecule has 0 aromatic heterocycles. The Hall–Kier alpha value is -3.75. The van der Waals surface area contributed by atoms with E-state index in [1.807, 2.05) is 44.2 Å². The molecule has 38 heavy (non-hydrogen) atoms. The van der Waals surface area contributed by atoms with Crippen LogP contribution in [0, 0.1) is 4.91 Å². The van der Waals surface area contributed by atoms with Crippen LogP contribution >= 0.6 is 0 Å². The molecule has 1 unspecified atom stereocenters. The van der Waals surface area contributed by atoms with Crippen molar-refractivity contribution in [1.29, 1.82) is 0 Å². The van der Waals surface area contributed by atoms with E-state index in [0.717, 1.165) is 17.5 Å².